The van der Waals surface area contributed by atoms with Gasteiger partial charge in [0.05, 0.1) is 0 Å². The van der Waals surface area contributed by atoms with E-state index in [2.05, 4.69) is 10.5 Å². The van der Waals surface area contributed by atoms with Crippen LogP contribution in [0.3, 0.4) is 0 Å². The van der Waals surface area contributed by atoms with Crippen molar-refractivity contribution >= 4 is 11.9 Å². The van der Waals surface area contributed by atoms with Crippen LogP contribution in [-0.2, 0) is 22.4 Å². The Hall–Kier alpha value is -3.22. The van der Waals surface area contributed by atoms with Gasteiger partial charge in [-0.25, -0.2) is 4.79 Å². The second-order valence-electron chi connectivity index (χ2n) is 7.47. The predicted molar refractivity (Wildman–Crippen MR) is 110 cm³/mol. The molecule has 2 aromatic rings. The summed E-state index contributed by atoms with van der Waals surface area (Å²) >= 11 is 0. The summed E-state index contributed by atoms with van der Waals surface area (Å²) in [5.41, 5.74) is 2.47. The van der Waals surface area contributed by atoms with E-state index in [9.17, 15) is 24.7 Å². The largest absolute Gasteiger partial charge is 0.508 e. The van der Waals surface area contributed by atoms with Crippen LogP contribution in [0, 0.1) is 10.8 Å². The number of carbonyl (C=O) groups is 2. The molecule has 0 aliphatic carbocycles. The van der Waals surface area contributed by atoms with Gasteiger partial charge in [-0.1, -0.05) is 55.4 Å². The maximum absolute atomic E-state index is 12.3. The van der Waals surface area contributed by atoms with Crippen molar-refractivity contribution in [2.24, 2.45) is 11.1 Å². The number of nitroso groups, excluding NO2 is 1. The molecule has 0 saturated carbocycles. The number of hydrogen-bond donors (Lipinski definition) is 3. The van der Waals surface area contributed by atoms with Crippen LogP contribution in [0.4, 0.5) is 0 Å². The summed E-state index contributed by atoms with van der Waals surface area (Å²) in [7, 11) is 0. The average Bonchev–Trinajstić information content (AvgIpc) is 2.67. The van der Waals surface area contributed by atoms with Crippen LogP contribution in [0.2, 0.25) is 0 Å². The van der Waals surface area contributed by atoms with Crippen LogP contribution in [0.15, 0.2) is 53.7 Å². The van der Waals surface area contributed by atoms with E-state index in [-0.39, 0.29) is 24.5 Å². The molecule has 0 radical (unpaired) electrons. The van der Waals surface area contributed by atoms with E-state index in [4.69, 9.17) is 0 Å². The molecule has 0 spiro atoms. The van der Waals surface area contributed by atoms with Crippen molar-refractivity contribution in [1.29, 1.82) is 0 Å². The zero-order valence-corrected chi connectivity index (χ0v) is 16.5. The molecule has 29 heavy (non-hydrogen) atoms. The lowest BCUT2D eigenvalue weighted by Crippen LogP contribution is -2.46. The van der Waals surface area contributed by atoms with Crippen molar-refractivity contribution in [1.82, 2.24) is 5.32 Å². The monoisotopic (exact) mass is 398 g/mol. The highest BCUT2D eigenvalue weighted by Crippen LogP contribution is 2.22. The van der Waals surface area contributed by atoms with E-state index < -0.39 is 24.0 Å². The van der Waals surface area contributed by atoms with Gasteiger partial charge in [0.15, 0.2) is 6.04 Å². The fourth-order valence-corrected chi connectivity index (χ4v) is 3.12. The lowest BCUT2D eigenvalue weighted by Gasteiger charge is -2.19. The molecule has 0 aliphatic rings. The maximum atomic E-state index is 12.3. The number of carbonyl (C=O) groups excluding carboxylic acids is 1. The predicted octanol–water partition coefficient (Wildman–Crippen LogP) is 3.28. The molecule has 1 amide bonds. The second-order valence-corrected chi connectivity index (χ2v) is 7.47. The van der Waals surface area contributed by atoms with E-state index in [1.54, 1.807) is 12.1 Å². The number of amides is 1. The van der Waals surface area contributed by atoms with Gasteiger partial charge >= 0.3 is 5.97 Å². The van der Waals surface area contributed by atoms with E-state index in [1.165, 1.54) is 6.07 Å². The van der Waals surface area contributed by atoms with Gasteiger partial charge in [0.1, 0.15) is 11.8 Å². The third kappa shape index (κ3) is 6.71. The van der Waals surface area contributed by atoms with E-state index in [1.807, 2.05) is 44.2 Å². The summed E-state index contributed by atoms with van der Waals surface area (Å²) in [6, 6.07) is 12.0. The Bertz CT molecular complexity index is 852. The smallest absolute Gasteiger partial charge is 0.326 e. The van der Waals surface area contributed by atoms with Crippen LogP contribution in [0.1, 0.15) is 37.0 Å². The first-order chi connectivity index (χ1) is 13.8. The van der Waals surface area contributed by atoms with Crippen molar-refractivity contribution in [3.8, 4) is 5.75 Å². The van der Waals surface area contributed by atoms with Crippen LogP contribution in [0.5, 0.6) is 5.75 Å². The number of nitrogens with one attached hydrogen (secondary N) is 1. The molecule has 0 aromatic heterocycles. The summed E-state index contributed by atoms with van der Waals surface area (Å²) < 4.78 is 0. The highest BCUT2D eigenvalue weighted by atomic mass is 16.4. The third-order valence-corrected chi connectivity index (χ3v) is 4.59. The first kappa shape index (κ1) is 22.1. The van der Waals surface area contributed by atoms with Gasteiger partial charge in [0.2, 0.25) is 5.91 Å². The number of carboxylic acids is 1. The molecule has 7 nitrogen and oxygen atoms in total. The van der Waals surface area contributed by atoms with E-state index in [0.29, 0.717) is 12.0 Å². The van der Waals surface area contributed by atoms with E-state index in [0.717, 1.165) is 11.1 Å². The minimum Gasteiger partial charge on any atom is -0.508 e. The summed E-state index contributed by atoms with van der Waals surface area (Å²) in [6.45, 7) is 3.71. The van der Waals surface area contributed by atoms with Crippen LogP contribution < -0.4 is 5.32 Å². The molecule has 0 aliphatic heterocycles. The molecule has 1 unspecified atom stereocenters. The third-order valence-electron chi connectivity index (χ3n) is 4.59. The van der Waals surface area contributed by atoms with Gasteiger partial charge in [0, 0.05) is 6.42 Å². The summed E-state index contributed by atoms with van der Waals surface area (Å²) in [6.07, 6.45) is 0.785. The Morgan fingerprint density at radius 3 is 2.34 bits per heavy atom. The Morgan fingerprint density at radius 2 is 1.76 bits per heavy atom. The van der Waals surface area contributed by atoms with Gasteiger partial charge in [-0.05, 0) is 47.6 Å². The topological polar surface area (TPSA) is 116 Å². The quantitative estimate of drug-likeness (QED) is 0.531. The second kappa shape index (κ2) is 10.4. The number of rotatable bonds is 10. The first-order valence-electron chi connectivity index (χ1n) is 9.50. The van der Waals surface area contributed by atoms with Crippen molar-refractivity contribution in [2.75, 3.05) is 0 Å². The van der Waals surface area contributed by atoms with Gasteiger partial charge in [-0.3, -0.25) is 4.79 Å². The Morgan fingerprint density at radius 1 is 1.07 bits per heavy atom. The number of hydrogen-bond acceptors (Lipinski definition) is 5. The molecule has 0 heterocycles. The number of benzene rings is 2. The molecule has 3 N–H and O–H groups in total. The normalized spacial score (nSPS) is 12.9. The molecular formula is C22H26N2O5. The SMILES string of the molecule is CC(C)CC(N=O)C(=O)N[C@@H](Cc1ccc(O)cc1Cc1ccccc1)C(=O)O. The van der Waals surface area contributed by atoms with Gasteiger partial charge < -0.3 is 15.5 Å². The lowest BCUT2D eigenvalue weighted by molar-refractivity contribution is -0.142. The van der Waals surface area contributed by atoms with Crippen molar-refractivity contribution in [2.45, 2.75) is 45.2 Å². The van der Waals surface area contributed by atoms with Crippen molar-refractivity contribution in [3.05, 3.63) is 70.1 Å². The standard InChI is InChI=1S/C22H26N2O5/c1-14(2)10-19(24-29)21(26)23-20(22(27)28)13-16-8-9-18(25)12-17(16)11-15-6-4-3-5-7-15/h3-9,12,14,19-20,25H,10-11,13H2,1-2H3,(H,23,26)(H,27,28)/t19?,20-/m0/s1. The van der Waals surface area contributed by atoms with Crippen molar-refractivity contribution in [3.63, 3.8) is 0 Å². The molecule has 2 atom stereocenters. The fraction of sp³-hybridized carbons (Fsp3) is 0.364. The molecular weight excluding hydrogens is 372 g/mol. The highest BCUT2D eigenvalue weighted by Gasteiger charge is 2.27. The minimum atomic E-state index is -1.21. The van der Waals surface area contributed by atoms with Crippen molar-refractivity contribution < 1.29 is 19.8 Å². The van der Waals surface area contributed by atoms with Crippen LogP contribution in [0.25, 0.3) is 0 Å². The summed E-state index contributed by atoms with van der Waals surface area (Å²) in [5, 5.41) is 24.7. The van der Waals surface area contributed by atoms with Crippen LogP contribution in [-0.4, -0.2) is 34.2 Å². The number of nitrogens with zero attached hydrogens (tertiary/aromatic N) is 1. The molecule has 7 heteroatoms. The van der Waals surface area contributed by atoms with Gasteiger partial charge in [-0.2, -0.15) is 0 Å². The maximum Gasteiger partial charge on any atom is 0.326 e. The average molecular weight is 398 g/mol. The zero-order chi connectivity index (χ0) is 21.4. The lowest BCUT2D eigenvalue weighted by atomic mass is 9.94. The number of aromatic hydroxyl groups is 1. The number of phenolic OH excluding ortho intramolecular Hbond substituents is 1. The summed E-state index contributed by atoms with van der Waals surface area (Å²) in [5.74, 6) is -1.74. The first-order valence-corrected chi connectivity index (χ1v) is 9.50. The molecule has 0 saturated heterocycles. The fourth-order valence-electron chi connectivity index (χ4n) is 3.12. The zero-order valence-electron chi connectivity index (χ0n) is 16.5. The molecule has 2 rings (SSSR count). The molecule has 0 bridgehead atoms. The highest BCUT2D eigenvalue weighted by molar-refractivity contribution is 5.87. The van der Waals surface area contributed by atoms with Gasteiger partial charge in [-0.15, -0.1) is 4.91 Å². The minimum absolute atomic E-state index is 0.0246. The number of phenols is 1. The van der Waals surface area contributed by atoms with E-state index >= 15 is 0 Å². The Kier molecular flexibility index (Phi) is 7.88. The Balaban J connectivity index is 2.21. The number of carboxylic acid groups (broad SMARTS) is 1. The molecule has 2 aromatic carbocycles. The summed E-state index contributed by atoms with van der Waals surface area (Å²) in [4.78, 5) is 35.1. The molecule has 0 fully saturated rings. The van der Waals surface area contributed by atoms with Gasteiger partial charge in [0.25, 0.3) is 0 Å². The van der Waals surface area contributed by atoms with Crippen LogP contribution >= 0.6 is 0 Å². The Labute approximate surface area is 169 Å². The molecule has 154 valence electrons. The number of aliphatic carboxylic acids is 1.